The first-order valence-electron chi connectivity index (χ1n) is 8.93. The molecule has 0 fully saturated rings. The quantitative estimate of drug-likeness (QED) is 0.653. The Hall–Kier alpha value is -2.89. The first-order valence-corrected chi connectivity index (χ1v) is 8.93. The predicted molar refractivity (Wildman–Crippen MR) is 104 cm³/mol. The van der Waals surface area contributed by atoms with Gasteiger partial charge in [-0.1, -0.05) is 13.8 Å². The summed E-state index contributed by atoms with van der Waals surface area (Å²) in [6.45, 7) is 4.54. The number of pyridine rings is 1. The van der Waals surface area contributed by atoms with E-state index in [4.69, 9.17) is 4.42 Å². The van der Waals surface area contributed by atoms with Crippen LogP contribution >= 0.6 is 0 Å². The van der Waals surface area contributed by atoms with Gasteiger partial charge in [0.05, 0.1) is 18.3 Å². The molecule has 5 nitrogen and oxygen atoms in total. The highest BCUT2D eigenvalue weighted by Crippen LogP contribution is 2.25. The Balaban J connectivity index is 2.00. The molecule has 0 aliphatic heterocycles. The monoisotopic (exact) mass is 369 g/mol. The molecule has 0 saturated heterocycles. The van der Waals surface area contributed by atoms with Crippen LogP contribution in [0.3, 0.4) is 0 Å². The second-order valence-electron chi connectivity index (χ2n) is 7.13. The molecule has 2 heterocycles. The molecule has 0 radical (unpaired) electrons. The minimum atomic E-state index is -0.318. The lowest BCUT2D eigenvalue weighted by Crippen LogP contribution is -2.33. The van der Waals surface area contributed by atoms with E-state index in [0.717, 1.165) is 16.7 Å². The third-order valence-corrected chi connectivity index (χ3v) is 4.35. The molecular weight excluding hydrogens is 345 g/mol. The first kappa shape index (κ1) is 18.9. The summed E-state index contributed by atoms with van der Waals surface area (Å²) in [4.78, 5) is 21.0. The Morgan fingerprint density at radius 1 is 1.19 bits per heavy atom. The molecule has 0 unspecified atom stereocenters. The molecule has 142 valence electrons. The average molecular weight is 369 g/mol. The zero-order chi connectivity index (χ0) is 19.6. The van der Waals surface area contributed by atoms with E-state index in [0.29, 0.717) is 24.4 Å². The summed E-state index contributed by atoms with van der Waals surface area (Å²) < 4.78 is 19.0. The second-order valence-corrected chi connectivity index (χ2v) is 7.13. The van der Waals surface area contributed by atoms with Gasteiger partial charge >= 0.3 is 0 Å². The van der Waals surface area contributed by atoms with Crippen molar-refractivity contribution in [1.29, 1.82) is 0 Å². The van der Waals surface area contributed by atoms with Gasteiger partial charge in [0.25, 0.3) is 0 Å². The van der Waals surface area contributed by atoms with Crippen LogP contribution in [0.4, 0.5) is 10.2 Å². The zero-order valence-electron chi connectivity index (χ0n) is 16.1. The molecule has 1 amide bonds. The first-order chi connectivity index (χ1) is 12.8. The van der Waals surface area contributed by atoms with E-state index in [1.807, 2.05) is 51.0 Å². The Bertz CT molecular complexity index is 936. The van der Waals surface area contributed by atoms with Gasteiger partial charge in [0.1, 0.15) is 17.4 Å². The summed E-state index contributed by atoms with van der Waals surface area (Å²) in [5.74, 6) is 1.03. The fourth-order valence-electron chi connectivity index (χ4n) is 3.05. The number of amides is 1. The van der Waals surface area contributed by atoms with Crippen LogP contribution in [0, 0.1) is 11.7 Å². The molecule has 0 aliphatic rings. The van der Waals surface area contributed by atoms with Crippen molar-refractivity contribution >= 4 is 22.6 Å². The van der Waals surface area contributed by atoms with Crippen molar-refractivity contribution in [2.24, 2.45) is 5.92 Å². The van der Waals surface area contributed by atoms with Crippen molar-refractivity contribution in [1.82, 2.24) is 9.88 Å². The van der Waals surface area contributed by atoms with E-state index in [2.05, 4.69) is 4.98 Å². The fourth-order valence-corrected chi connectivity index (χ4v) is 3.05. The summed E-state index contributed by atoms with van der Waals surface area (Å²) in [5, 5.41) is 0.840. The molecule has 27 heavy (non-hydrogen) atoms. The van der Waals surface area contributed by atoms with Crippen molar-refractivity contribution in [3.05, 3.63) is 59.8 Å². The number of aromatic nitrogens is 1. The van der Waals surface area contributed by atoms with Crippen molar-refractivity contribution in [2.75, 3.05) is 19.0 Å². The molecule has 0 bridgehead atoms. The molecule has 0 atom stereocenters. The van der Waals surface area contributed by atoms with Crippen molar-refractivity contribution in [2.45, 2.75) is 26.9 Å². The van der Waals surface area contributed by atoms with Crippen LogP contribution in [-0.4, -0.2) is 29.9 Å². The maximum atomic E-state index is 13.6. The minimum Gasteiger partial charge on any atom is -0.467 e. The molecule has 0 spiro atoms. The SMILES string of the molecule is CC(C)C(=O)N(Cc1ccco1)Cc1cc2ccc(F)cc2nc1N(C)C. The number of hydrogen-bond acceptors (Lipinski definition) is 4. The highest BCUT2D eigenvalue weighted by Gasteiger charge is 2.21. The number of fused-ring (bicyclic) bond motifs is 1. The van der Waals surface area contributed by atoms with Gasteiger partial charge in [0.15, 0.2) is 0 Å². The average Bonchev–Trinajstić information content (AvgIpc) is 3.13. The van der Waals surface area contributed by atoms with Gasteiger partial charge in [0.2, 0.25) is 5.91 Å². The predicted octanol–water partition coefficient (Wildman–Crippen LogP) is 4.22. The van der Waals surface area contributed by atoms with Gasteiger partial charge < -0.3 is 14.2 Å². The molecule has 1 aromatic carbocycles. The minimum absolute atomic E-state index is 0.0373. The summed E-state index contributed by atoms with van der Waals surface area (Å²) in [5.41, 5.74) is 1.50. The number of carbonyl (C=O) groups is 1. The molecule has 3 aromatic rings. The number of furan rings is 1. The van der Waals surface area contributed by atoms with E-state index in [9.17, 15) is 9.18 Å². The topological polar surface area (TPSA) is 49.6 Å². The van der Waals surface area contributed by atoms with Gasteiger partial charge in [-0.2, -0.15) is 0 Å². The molecule has 0 saturated carbocycles. The van der Waals surface area contributed by atoms with Crippen LogP contribution in [0.2, 0.25) is 0 Å². The molecule has 3 rings (SSSR count). The third kappa shape index (κ3) is 4.27. The zero-order valence-corrected chi connectivity index (χ0v) is 16.1. The van der Waals surface area contributed by atoms with Gasteiger partial charge in [-0.05, 0) is 30.3 Å². The largest absolute Gasteiger partial charge is 0.467 e. The number of hydrogen-bond donors (Lipinski definition) is 0. The van der Waals surface area contributed by atoms with Crippen LogP contribution in [0.1, 0.15) is 25.2 Å². The number of anilines is 1. The lowest BCUT2D eigenvalue weighted by Gasteiger charge is -2.26. The third-order valence-electron chi connectivity index (χ3n) is 4.35. The van der Waals surface area contributed by atoms with Crippen LogP contribution in [0.15, 0.2) is 47.1 Å². The number of rotatable bonds is 6. The summed E-state index contributed by atoms with van der Waals surface area (Å²) >= 11 is 0. The van der Waals surface area contributed by atoms with Gasteiger partial charge in [-0.3, -0.25) is 4.79 Å². The van der Waals surface area contributed by atoms with Gasteiger partial charge in [0, 0.05) is 43.6 Å². The Morgan fingerprint density at radius 3 is 2.59 bits per heavy atom. The normalized spacial score (nSPS) is 11.2. The number of halogens is 1. The van der Waals surface area contributed by atoms with Crippen LogP contribution in [-0.2, 0) is 17.9 Å². The standard InChI is InChI=1S/C21H24FN3O2/c1-14(2)21(26)25(13-18-6-5-9-27-18)12-16-10-15-7-8-17(22)11-19(15)23-20(16)24(3)4/h5-11,14H,12-13H2,1-4H3. The smallest absolute Gasteiger partial charge is 0.225 e. The van der Waals surface area contributed by atoms with E-state index in [1.165, 1.54) is 12.1 Å². The van der Waals surface area contributed by atoms with E-state index in [1.54, 1.807) is 17.2 Å². The molecule has 0 N–H and O–H groups in total. The van der Waals surface area contributed by atoms with Gasteiger partial charge in [-0.25, -0.2) is 9.37 Å². The van der Waals surface area contributed by atoms with E-state index in [-0.39, 0.29) is 17.6 Å². The molecule has 6 heteroatoms. The second kappa shape index (κ2) is 7.78. The van der Waals surface area contributed by atoms with Gasteiger partial charge in [-0.15, -0.1) is 0 Å². The number of nitrogens with zero attached hydrogens (tertiary/aromatic N) is 3. The Labute approximate surface area is 158 Å². The summed E-state index contributed by atoms with van der Waals surface area (Å²) in [6, 6.07) is 10.2. The molecule has 2 aromatic heterocycles. The molecule has 0 aliphatic carbocycles. The van der Waals surface area contributed by atoms with Crippen molar-refractivity contribution < 1.29 is 13.6 Å². The van der Waals surface area contributed by atoms with Crippen LogP contribution < -0.4 is 4.90 Å². The van der Waals surface area contributed by atoms with E-state index >= 15 is 0 Å². The summed E-state index contributed by atoms with van der Waals surface area (Å²) in [6.07, 6.45) is 1.60. The van der Waals surface area contributed by atoms with Crippen LogP contribution in [0.5, 0.6) is 0 Å². The Kier molecular flexibility index (Phi) is 5.44. The summed E-state index contributed by atoms with van der Waals surface area (Å²) in [7, 11) is 3.77. The highest BCUT2D eigenvalue weighted by molar-refractivity contribution is 5.82. The number of benzene rings is 1. The van der Waals surface area contributed by atoms with Crippen LogP contribution in [0.25, 0.3) is 10.9 Å². The molecular formula is C21H24FN3O2. The van der Waals surface area contributed by atoms with Crippen molar-refractivity contribution in [3.8, 4) is 0 Å². The van der Waals surface area contributed by atoms with E-state index < -0.39 is 0 Å². The van der Waals surface area contributed by atoms with Crippen molar-refractivity contribution in [3.63, 3.8) is 0 Å². The highest BCUT2D eigenvalue weighted by atomic mass is 19.1. The maximum absolute atomic E-state index is 13.6. The maximum Gasteiger partial charge on any atom is 0.225 e. The fraction of sp³-hybridized carbons (Fsp3) is 0.333. The lowest BCUT2D eigenvalue weighted by molar-refractivity contribution is -0.136. The Morgan fingerprint density at radius 2 is 1.96 bits per heavy atom. The number of carbonyl (C=O) groups excluding carboxylic acids is 1. The lowest BCUT2D eigenvalue weighted by atomic mass is 10.1.